The second-order valence-electron chi connectivity index (χ2n) is 5.98. The zero-order valence-corrected chi connectivity index (χ0v) is 14.1. The van der Waals surface area contributed by atoms with Crippen LogP contribution in [0.2, 0.25) is 5.02 Å². The minimum atomic E-state index is -4.03. The van der Waals surface area contributed by atoms with Gasteiger partial charge in [-0.2, -0.15) is 0 Å². The molecule has 0 spiro atoms. The highest BCUT2D eigenvalue weighted by Crippen LogP contribution is 2.31. The monoisotopic (exact) mass is 341 g/mol. The van der Waals surface area contributed by atoms with Crippen LogP contribution in [-0.4, -0.2) is 8.42 Å². The lowest BCUT2D eigenvalue weighted by atomic mass is 9.86. The maximum absolute atomic E-state index is 13.9. The molecule has 0 aliphatic rings. The number of benzene rings is 2. The number of sulfonamides is 1. The molecule has 22 heavy (non-hydrogen) atoms. The largest absolute Gasteiger partial charge is 0.279 e. The molecule has 2 rings (SSSR count). The predicted molar refractivity (Wildman–Crippen MR) is 87.4 cm³/mol. The van der Waals surface area contributed by atoms with Crippen molar-refractivity contribution in [1.82, 2.24) is 0 Å². The van der Waals surface area contributed by atoms with Crippen LogP contribution in [0.25, 0.3) is 0 Å². The third-order valence-electron chi connectivity index (χ3n) is 3.16. The summed E-state index contributed by atoms with van der Waals surface area (Å²) < 4.78 is 41.2. The maximum atomic E-state index is 13.9. The van der Waals surface area contributed by atoms with Crippen molar-refractivity contribution in [3.8, 4) is 0 Å². The molecule has 0 radical (unpaired) electrons. The van der Waals surface area contributed by atoms with E-state index in [1.54, 1.807) is 12.1 Å². The molecule has 0 aliphatic heterocycles. The van der Waals surface area contributed by atoms with Crippen LogP contribution in [-0.2, 0) is 15.4 Å². The topological polar surface area (TPSA) is 46.2 Å². The van der Waals surface area contributed by atoms with E-state index >= 15 is 0 Å². The highest BCUT2D eigenvalue weighted by molar-refractivity contribution is 7.92. The molecule has 0 saturated carbocycles. The summed E-state index contributed by atoms with van der Waals surface area (Å²) in [5.74, 6) is -0.881. The lowest BCUT2D eigenvalue weighted by Crippen LogP contribution is -2.19. The fourth-order valence-electron chi connectivity index (χ4n) is 2.12. The molecule has 0 amide bonds. The van der Waals surface area contributed by atoms with Crippen LogP contribution in [0.5, 0.6) is 0 Å². The lowest BCUT2D eigenvalue weighted by molar-refractivity contribution is 0.569. The highest BCUT2D eigenvalue weighted by Gasteiger charge is 2.23. The van der Waals surface area contributed by atoms with Gasteiger partial charge < -0.3 is 0 Å². The van der Waals surface area contributed by atoms with Gasteiger partial charge in [0.2, 0.25) is 0 Å². The number of hydrogen-bond acceptors (Lipinski definition) is 2. The molecule has 2 aromatic carbocycles. The minimum absolute atomic E-state index is 0.145. The van der Waals surface area contributed by atoms with Crippen LogP contribution in [0, 0.1) is 5.82 Å². The highest BCUT2D eigenvalue weighted by atomic mass is 35.5. The molecule has 3 nitrogen and oxygen atoms in total. The van der Waals surface area contributed by atoms with Gasteiger partial charge in [0, 0.05) is 5.02 Å². The minimum Gasteiger partial charge on any atom is -0.279 e. The van der Waals surface area contributed by atoms with Gasteiger partial charge >= 0.3 is 0 Å². The molecule has 0 bridgehead atoms. The summed E-state index contributed by atoms with van der Waals surface area (Å²) in [7, 11) is -4.03. The van der Waals surface area contributed by atoms with Crippen molar-refractivity contribution in [3.63, 3.8) is 0 Å². The van der Waals surface area contributed by atoms with Crippen molar-refractivity contribution in [2.75, 3.05) is 4.72 Å². The van der Waals surface area contributed by atoms with Crippen LogP contribution in [0.15, 0.2) is 47.4 Å². The summed E-state index contributed by atoms with van der Waals surface area (Å²) in [5, 5.41) is 0.145. The molecule has 6 heteroatoms. The van der Waals surface area contributed by atoms with Crippen molar-refractivity contribution in [2.24, 2.45) is 0 Å². The Morgan fingerprint density at radius 1 is 1.09 bits per heavy atom. The molecule has 0 aromatic heterocycles. The molecule has 0 fully saturated rings. The van der Waals surface area contributed by atoms with Gasteiger partial charge in [-0.1, -0.05) is 50.6 Å². The SMILES string of the molecule is CC(C)(C)c1ccccc1NS(=O)(=O)c1ccc(Cl)cc1F. The smallest absolute Gasteiger partial charge is 0.264 e. The van der Waals surface area contributed by atoms with Gasteiger partial charge in [0.15, 0.2) is 0 Å². The number of hydrogen-bond donors (Lipinski definition) is 1. The lowest BCUT2D eigenvalue weighted by Gasteiger charge is -2.23. The first-order valence-corrected chi connectivity index (χ1v) is 8.55. The zero-order chi connectivity index (χ0) is 16.5. The number of rotatable bonds is 3. The Morgan fingerprint density at radius 2 is 1.73 bits per heavy atom. The quantitative estimate of drug-likeness (QED) is 0.888. The first-order chi connectivity index (χ1) is 10.1. The van der Waals surface area contributed by atoms with E-state index in [1.807, 2.05) is 32.9 Å². The van der Waals surface area contributed by atoms with Gasteiger partial charge in [-0.05, 0) is 35.2 Å². The van der Waals surface area contributed by atoms with Crippen LogP contribution in [0.3, 0.4) is 0 Å². The van der Waals surface area contributed by atoms with Gasteiger partial charge in [-0.3, -0.25) is 4.72 Å². The average molecular weight is 342 g/mol. The third kappa shape index (κ3) is 3.59. The van der Waals surface area contributed by atoms with E-state index in [4.69, 9.17) is 11.6 Å². The molecule has 2 aromatic rings. The summed E-state index contributed by atoms with van der Waals surface area (Å²) in [4.78, 5) is -0.430. The van der Waals surface area contributed by atoms with E-state index in [0.717, 1.165) is 17.7 Å². The number of halogens is 2. The van der Waals surface area contributed by atoms with Crippen LogP contribution in [0.1, 0.15) is 26.3 Å². The van der Waals surface area contributed by atoms with E-state index in [9.17, 15) is 12.8 Å². The van der Waals surface area contributed by atoms with E-state index in [0.29, 0.717) is 5.69 Å². The Kier molecular flexibility index (Phi) is 4.49. The van der Waals surface area contributed by atoms with E-state index in [-0.39, 0.29) is 10.4 Å². The number of anilines is 1. The Hall–Kier alpha value is -1.59. The van der Waals surface area contributed by atoms with Crippen LogP contribution < -0.4 is 4.72 Å². The molecule has 0 aliphatic carbocycles. The molecular formula is C16H17ClFNO2S. The summed E-state index contributed by atoms with van der Waals surface area (Å²) in [5.41, 5.74) is 1.01. The number of nitrogens with one attached hydrogen (secondary N) is 1. The second kappa shape index (κ2) is 5.89. The van der Waals surface area contributed by atoms with Crippen molar-refractivity contribution in [1.29, 1.82) is 0 Å². The van der Waals surface area contributed by atoms with E-state index in [2.05, 4.69) is 4.72 Å². The Bertz CT molecular complexity index is 798. The summed E-state index contributed by atoms with van der Waals surface area (Å²) in [6.07, 6.45) is 0. The molecule has 0 heterocycles. The van der Waals surface area contributed by atoms with Gasteiger partial charge in [0.25, 0.3) is 10.0 Å². The van der Waals surface area contributed by atoms with Gasteiger partial charge in [-0.15, -0.1) is 0 Å². The Morgan fingerprint density at radius 3 is 2.32 bits per heavy atom. The zero-order valence-electron chi connectivity index (χ0n) is 12.5. The van der Waals surface area contributed by atoms with Crippen molar-refractivity contribution in [3.05, 3.63) is 58.9 Å². The third-order valence-corrected chi connectivity index (χ3v) is 4.80. The molecule has 1 N–H and O–H groups in total. The predicted octanol–water partition coefficient (Wildman–Crippen LogP) is 4.58. The van der Waals surface area contributed by atoms with E-state index < -0.39 is 20.7 Å². The van der Waals surface area contributed by atoms with Gasteiger partial charge in [0.1, 0.15) is 10.7 Å². The van der Waals surface area contributed by atoms with Crippen LogP contribution >= 0.6 is 11.6 Å². The Labute approximate surface area is 135 Å². The first-order valence-electron chi connectivity index (χ1n) is 6.68. The van der Waals surface area contributed by atoms with E-state index in [1.165, 1.54) is 6.07 Å². The molecule has 118 valence electrons. The van der Waals surface area contributed by atoms with Crippen LogP contribution in [0.4, 0.5) is 10.1 Å². The summed E-state index contributed by atoms with van der Waals surface area (Å²) in [6, 6.07) is 10.5. The number of para-hydroxylation sites is 1. The second-order valence-corrected chi connectivity index (χ2v) is 8.06. The van der Waals surface area contributed by atoms with Crippen molar-refractivity contribution in [2.45, 2.75) is 31.1 Å². The molecule has 0 unspecified atom stereocenters. The first kappa shape index (κ1) is 16.8. The molecule has 0 saturated heterocycles. The standard InChI is InChI=1S/C16H17ClFNO2S/c1-16(2,3)12-6-4-5-7-14(12)19-22(20,21)15-9-8-11(17)10-13(15)18/h4-10,19H,1-3H3. The molecular weight excluding hydrogens is 325 g/mol. The van der Waals surface area contributed by atoms with Gasteiger partial charge in [-0.25, -0.2) is 12.8 Å². The Balaban J connectivity index is 2.46. The maximum Gasteiger partial charge on any atom is 0.264 e. The summed E-state index contributed by atoms with van der Waals surface area (Å²) >= 11 is 5.66. The van der Waals surface area contributed by atoms with Gasteiger partial charge in [0.05, 0.1) is 5.69 Å². The molecule has 0 atom stereocenters. The fourth-order valence-corrected chi connectivity index (χ4v) is 3.42. The average Bonchev–Trinajstić information content (AvgIpc) is 2.36. The van der Waals surface area contributed by atoms with Crippen molar-refractivity contribution >= 4 is 27.3 Å². The summed E-state index contributed by atoms with van der Waals surface area (Å²) in [6.45, 7) is 5.93. The fraction of sp³-hybridized carbons (Fsp3) is 0.250. The van der Waals surface area contributed by atoms with Crippen molar-refractivity contribution < 1.29 is 12.8 Å². The normalized spacial score (nSPS) is 12.2.